The molecule has 8 nitrogen and oxygen atoms in total. The monoisotopic (exact) mass is 494 g/mol. The van der Waals surface area contributed by atoms with Gasteiger partial charge in [0.05, 0.1) is 18.2 Å². The Bertz CT molecular complexity index is 1430. The van der Waals surface area contributed by atoms with E-state index in [1.807, 2.05) is 6.07 Å². The molecule has 1 unspecified atom stereocenters. The number of benzene rings is 2. The zero-order valence-corrected chi connectivity index (χ0v) is 19.9. The van der Waals surface area contributed by atoms with Gasteiger partial charge in [-0.3, -0.25) is 9.59 Å². The molecule has 5 rings (SSSR count). The van der Waals surface area contributed by atoms with Crippen LogP contribution in [0.5, 0.6) is 0 Å². The molecule has 3 heterocycles. The third kappa shape index (κ3) is 3.66. The van der Waals surface area contributed by atoms with Crippen molar-refractivity contribution in [1.82, 2.24) is 4.31 Å². The van der Waals surface area contributed by atoms with Crippen LogP contribution in [0.25, 0.3) is 10.8 Å². The van der Waals surface area contributed by atoms with Gasteiger partial charge >= 0.3 is 0 Å². The van der Waals surface area contributed by atoms with E-state index in [9.17, 15) is 18.0 Å². The van der Waals surface area contributed by atoms with Crippen LogP contribution >= 0.6 is 11.3 Å². The fourth-order valence-corrected chi connectivity index (χ4v) is 7.51. The van der Waals surface area contributed by atoms with Gasteiger partial charge in [0.2, 0.25) is 5.91 Å². The van der Waals surface area contributed by atoms with E-state index in [0.29, 0.717) is 48.3 Å². The zero-order chi connectivity index (χ0) is 23.9. The molecule has 0 bridgehead atoms. The predicted octanol–water partition coefficient (Wildman–Crippen LogP) is 3.96. The smallest absolute Gasteiger partial charge is 0.259 e. The molecule has 2 aliphatic heterocycles. The highest BCUT2D eigenvalue weighted by molar-refractivity contribution is 7.91. The van der Waals surface area contributed by atoms with Crippen molar-refractivity contribution < 1.29 is 18.0 Å². The highest BCUT2D eigenvalue weighted by atomic mass is 32.2. The first-order valence-corrected chi connectivity index (χ1v) is 13.4. The third-order valence-corrected chi connectivity index (χ3v) is 9.59. The van der Waals surface area contributed by atoms with E-state index in [0.717, 1.165) is 23.1 Å². The highest BCUT2D eigenvalue weighted by Gasteiger charge is 2.38. The number of amides is 2. The number of thiophene rings is 1. The summed E-state index contributed by atoms with van der Waals surface area (Å²) in [5.74, 6) is -0.550. The Hall–Kier alpha value is -3.26. The van der Waals surface area contributed by atoms with Crippen LogP contribution in [-0.2, 0) is 14.8 Å². The summed E-state index contributed by atoms with van der Waals surface area (Å²) < 4.78 is 27.9. The largest absolute Gasteiger partial charge is 0.324 e. The topological polar surface area (TPSA) is 111 Å². The van der Waals surface area contributed by atoms with Gasteiger partial charge < -0.3 is 10.2 Å². The average Bonchev–Trinajstić information content (AvgIpc) is 3.48. The predicted molar refractivity (Wildman–Crippen MR) is 130 cm³/mol. The number of nitrogens with zero attached hydrogens (tertiary/aromatic N) is 3. The van der Waals surface area contributed by atoms with Crippen LogP contribution in [-0.4, -0.2) is 43.7 Å². The van der Waals surface area contributed by atoms with E-state index in [1.165, 1.54) is 4.31 Å². The number of nitrogens with one attached hydrogen (secondary N) is 1. The van der Waals surface area contributed by atoms with Crippen molar-refractivity contribution in [2.75, 3.05) is 23.3 Å². The summed E-state index contributed by atoms with van der Waals surface area (Å²) >= 11 is 1.14. The molecule has 10 heteroatoms. The minimum absolute atomic E-state index is 0.167. The number of piperidine rings is 1. The molecule has 0 radical (unpaired) electrons. The second kappa shape index (κ2) is 8.83. The second-order valence-electron chi connectivity index (χ2n) is 8.27. The molecular formula is C24H22N4O4S2. The zero-order valence-electron chi connectivity index (χ0n) is 18.2. The molecule has 34 heavy (non-hydrogen) atoms. The van der Waals surface area contributed by atoms with Crippen LogP contribution in [0.2, 0.25) is 0 Å². The molecule has 0 spiro atoms. The molecule has 1 aromatic heterocycles. The average molecular weight is 495 g/mol. The Morgan fingerprint density at radius 1 is 1.18 bits per heavy atom. The maximum absolute atomic E-state index is 13.4. The quantitative estimate of drug-likeness (QED) is 0.558. The lowest BCUT2D eigenvalue weighted by molar-refractivity contribution is -0.120. The van der Waals surface area contributed by atoms with E-state index >= 15 is 0 Å². The molecule has 2 aliphatic rings. The molecule has 2 amide bonds. The van der Waals surface area contributed by atoms with Crippen molar-refractivity contribution >= 4 is 55.3 Å². The van der Waals surface area contributed by atoms with E-state index in [-0.39, 0.29) is 22.4 Å². The second-order valence-corrected chi connectivity index (χ2v) is 11.3. The number of carbonyl (C=O) groups is 2. The van der Waals surface area contributed by atoms with Crippen molar-refractivity contribution in [3.8, 4) is 6.07 Å². The van der Waals surface area contributed by atoms with Gasteiger partial charge in [-0.2, -0.15) is 9.57 Å². The molecule has 0 aliphatic carbocycles. The van der Waals surface area contributed by atoms with Gasteiger partial charge in [0, 0.05) is 35.1 Å². The van der Waals surface area contributed by atoms with Gasteiger partial charge in [-0.25, -0.2) is 8.42 Å². The summed E-state index contributed by atoms with van der Waals surface area (Å²) in [5, 5.41) is 15.0. The van der Waals surface area contributed by atoms with Crippen molar-refractivity contribution in [2.45, 2.75) is 35.9 Å². The molecule has 3 aromatic rings. The summed E-state index contributed by atoms with van der Waals surface area (Å²) in [6, 6.07) is 13.3. The molecule has 1 atom stereocenters. The van der Waals surface area contributed by atoms with Crippen LogP contribution in [0.3, 0.4) is 0 Å². The number of nitriles is 1. The number of carbonyl (C=O) groups excluding carboxylic acids is 2. The molecule has 1 N–H and O–H groups in total. The lowest BCUT2D eigenvalue weighted by Gasteiger charge is -2.33. The van der Waals surface area contributed by atoms with Crippen LogP contribution in [0.1, 0.15) is 36.0 Å². The maximum Gasteiger partial charge on any atom is 0.259 e. The fraction of sp³-hybridized carbons (Fsp3) is 0.292. The van der Waals surface area contributed by atoms with Crippen molar-refractivity contribution in [1.29, 1.82) is 5.26 Å². The van der Waals surface area contributed by atoms with Gasteiger partial charge in [-0.05, 0) is 42.5 Å². The Kier molecular flexibility index (Phi) is 5.85. The number of hydrogen-bond donors (Lipinski definition) is 1. The summed E-state index contributed by atoms with van der Waals surface area (Å²) in [4.78, 5) is 27.8. The number of anilines is 2. The van der Waals surface area contributed by atoms with E-state index in [2.05, 4.69) is 11.4 Å². The van der Waals surface area contributed by atoms with Gasteiger partial charge in [-0.1, -0.05) is 24.6 Å². The third-order valence-electron chi connectivity index (χ3n) is 6.30. The molecule has 0 saturated carbocycles. The first kappa shape index (κ1) is 22.5. The molecule has 1 saturated heterocycles. The van der Waals surface area contributed by atoms with Crippen molar-refractivity contribution in [2.24, 2.45) is 0 Å². The van der Waals surface area contributed by atoms with Crippen LogP contribution < -0.4 is 10.2 Å². The summed E-state index contributed by atoms with van der Waals surface area (Å²) in [6.07, 6.45) is 2.13. The van der Waals surface area contributed by atoms with Crippen molar-refractivity contribution in [3.63, 3.8) is 0 Å². The van der Waals surface area contributed by atoms with E-state index < -0.39 is 16.1 Å². The van der Waals surface area contributed by atoms with Crippen LogP contribution in [0.4, 0.5) is 11.4 Å². The first-order chi connectivity index (χ1) is 16.4. The number of hydrogen-bond acceptors (Lipinski definition) is 6. The van der Waals surface area contributed by atoms with Crippen molar-refractivity contribution in [3.05, 3.63) is 53.4 Å². The van der Waals surface area contributed by atoms with Crippen LogP contribution in [0.15, 0.2) is 52.1 Å². The summed E-state index contributed by atoms with van der Waals surface area (Å²) in [6.45, 7) is 0.590. The Morgan fingerprint density at radius 2 is 2.03 bits per heavy atom. The standard InChI is InChI=1S/C24H22N4O4S2/c25-12-5-13-27-19-11-10-18(16-6-3-7-17(22(16)19)24(27)30)26-23(29)20-8-1-2-14-28(20)34(31,32)21-9-4-15-33-21/h3-4,6-7,9-11,15,20H,1-2,5,8,13-14H2,(H,26,29). The van der Waals surface area contributed by atoms with E-state index in [4.69, 9.17) is 5.26 Å². The molecular weight excluding hydrogens is 472 g/mol. The SMILES string of the molecule is N#CCCN1C(=O)c2cccc3c(NC(=O)C4CCCCN4S(=O)(=O)c4cccs4)ccc1c23. The normalized spacial score (nSPS) is 18.3. The molecule has 1 fully saturated rings. The number of sulfonamides is 1. The minimum Gasteiger partial charge on any atom is -0.324 e. The van der Waals surface area contributed by atoms with Crippen LogP contribution in [0, 0.1) is 11.3 Å². The van der Waals surface area contributed by atoms with Gasteiger partial charge in [-0.15, -0.1) is 11.3 Å². The molecule has 2 aromatic carbocycles. The highest BCUT2D eigenvalue weighted by Crippen LogP contribution is 2.41. The van der Waals surface area contributed by atoms with Gasteiger partial charge in [0.15, 0.2) is 0 Å². The van der Waals surface area contributed by atoms with Gasteiger partial charge in [0.1, 0.15) is 10.3 Å². The Balaban J connectivity index is 1.47. The lowest BCUT2D eigenvalue weighted by atomic mass is 10.0. The molecule has 174 valence electrons. The maximum atomic E-state index is 13.4. The first-order valence-electron chi connectivity index (χ1n) is 11.0. The lowest BCUT2D eigenvalue weighted by Crippen LogP contribution is -2.49. The number of rotatable bonds is 6. The fourth-order valence-electron chi connectivity index (χ4n) is 4.74. The van der Waals surface area contributed by atoms with Gasteiger partial charge in [0.25, 0.3) is 15.9 Å². The summed E-state index contributed by atoms with van der Waals surface area (Å²) in [5.41, 5.74) is 1.77. The minimum atomic E-state index is -3.76. The Labute approximate surface area is 201 Å². The van der Waals surface area contributed by atoms with E-state index in [1.54, 1.807) is 46.7 Å². The Morgan fingerprint density at radius 3 is 2.79 bits per heavy atom. The summed E-state index contributed by atoms with van der Waals surface area (Å²) in [7, 11) is -3.76.